The molecule has 0 fully saturated rings. The predicted octanol–water partition coefficient (Wildman–Crippen LogP) is 8.68. The topological polar surface area (TPSA) is 176 Å². The number of aryl methyl sites for hydroxylation is 2. The normalized spacial score (nSPS) is 10.6. The van der Waals surface area contributed by atoms with E-state index in [0.717, 1.165) is 21.6 Å². The van der Waals surface area contributed by atoms with E-state index in [0.29, 0.717) is 34.3 Å². The number of nitrogens with one attached hydrogen (secondary N) is 2. The quantitative estimate of drug-likeness (QED) is 0.122. The number of aromatic nitrogens is 2. The van der Waals surface area contributed by atoms with Crippen molar-refractivity contribution in [3.8, 4) is 46.3 Å². The Kier molecular flexibility index (Phi) is 10.6. The van der Waals surface area contributed by atoms with Crippen molar-refractivity contribution in [2.45, 2.75) is 23.9 Å². The molecule has 6 rings (SSSR count). The van der Waals surface area contributed by atoms with Gasteiger partial charge in [0.1, 0.15) is 45.2 Å². The lowest BCUT2D eigenvalue weighted by Crippen LogP contribution is -2.17. The number of hydrogen-bond donors (Lipinski definition) is 2. The highest BCUT2D eigenvalue weighted by molar-refractivity contribution is 8.76. The van der Waals surface area contributed by atoms with Crippen LogP contribution in [0.3, 0.4) is 0 Å². The van der Waals surface area contributed by atoms with Gasteiger partial charge in [0.25, 0.3) is 11.8 Å². The molecule has 52 heavy (non-hydrogen) atoms. The maximum absolute atomic E-state index is 13.8. The molecule has 14 heteroatoms. The van der Waals surface area contributed by atoms with E-state index in [-0.39, 0.29) is 55.0 Å². The van der Waals surface area contributed by atoms with Crippen LogP contribution in [0.2, 0.25) is 0 Å². The molecular weight excluding hydrogens is 701 g/mol. The van der Waals surface area contributed by atoms with Gasteiger partial charge in [-0.1, -0.05) is 24.3 Å². The molecule has 0 spiro atoms. The first kappa shape index (κ1) is 35.3. The standard InChI is InChI=1S/C38H28N6O6S2/c1-21-31(35(45)43-25-11-5-7-13-27(25)47-3)33(29-15-9-17-49-29)23(19-39)37(41-21)51-52-38-24(20-40)34(30-16-10-18-50-30)32(22(2)42-38)36(46)44-26-12-6-8-14-28(26)48-4/h5-18H,1-4H3,(H,43,45)(H,44,46). The number of anilines is 2. The van der Waals surface area contributed by atoms with Crippen LogP contribution in [0.15, 0.2) is 104 Å². The summed E-state index contributed by atoms with van der Waals surface area (Å²) >= 11 is 0. The fraction of sp³-hybridized carbons (Fsp3) is 0.105. The van der Waals surface area contributed by atoms with E-state index in [4.69, 9.17) is 18.3 Å². The van der Waals surface area contributed by atoms with Gasteiger partial charge in [0.05, 0.1) is 82.9 Å². The molecular formula is C38H28N6O6S2. The minimum atomic E-state index is -0.518. The van der Waals surface area contributed by atoms with Gasteiger partial charge in [0.15, 0.2) is 0 Å². The Labute approximate surface area is 306 Å². The summed E-state index contributed by atoms with van der Waals surface area (Å²) in [5.41, 5.74) is 2.47. The van der Waals surface area contributed by atoms with Crippen molar-refractivity contribution >= 4 is 44.8 Å². The highest BCUT2D eigenvalue weighted by atomic mass is 33.1. The number of pyridine rings is 2. The van der Waals surface area contributed by atoms with Gasteiger partial charge in [-0.15, -0.1) is 0 Å². The first-order valence-corrected chi connectivity index (χ1v) is 17.6. The summed E-state index contributed by atoms with van der Waals surface area (Å²) < 4.78 is 22.2. The highest BCUT2D eigenvalue weighted by Gasteiger charge is 2.29. The van der Waals surface area contributed by atoms with Crippen molar-refractivity contribution in [2.24, 2.45) is 0 Å². The zero-order valence-corrected chi connectivity index (χ0v) is 29.8. The highest BCUT2D eigenvalue weighted by Crippen LogP contribution is 2.45. The van der Waals surface area contributed by atoms with Crippen molar-refractivity contribution in [1.29, 1.82) is 10.5 Å². The third-order valence-corrected chi connectivity index (χ3v) is 10.00. The lowest BCUT2D eigenvalue weighted by Gasteiger charge is -2.17. The number of nitriles is 2. The number of ether oxygens (including phenoxy) is 2. The molecule has 0 aliphatic heterocycles. The lowest BCUT2D eigenvalue weighted by atomic mass is 9.99. The fourth-order valence-electron chi connectivity index (χ4n) is 5.52. The van der Waals surface area contributed by atoms with E-state index in [1.54, 1.807) is 86.6 Å². The molecule has 0 saturated heterocycles. The molecule has 2 amide bonds. The zero-order valence-electron chi connectivity index (χ0n) is 28.1. The lowest BCUT2D eigenvalue weighted by molar-refractivity contribution is 0.101. The van der Waals surface area contributed by atoms with E-state index in [1.165, 1.54) is 26.7 Å². The molecule has 258 valence electrons. The molecule has 2 aromatic carbocycles. The molecule has 4 heterocycles. The summed E-state index contributed by atoms with van der Waals surface area (Å²) in [6.07, 6.45) is 2.90. The van der Waals surface area contributed by atoms with Gasteiger partial charge in [-0.3, -0.25) is 9.59 Å². The summed E-state index contributed by atoms with van der Waals surface area (Å²) in [6.45, 7) is 3.32. The number of amides is 2. The number of furan rings is 2. The number of para-hydroxylation sites is 4. The third kappa shape index (κ3) is 6.93. The number of benzene rings is 2. The van der Waals surface area contributed by atoms with Crippen LogP contribution in [-0.4, -0.2) is 36.0 Å². The van der Waals surface area contributed by atoms with Crippen LogP contribution in [0.25, 0.3) is 22.6 Å². The van der Waals surface area contributed by atoms with Gasteiger partial charge < -0.3 is 28.9 Å². The van der Waals surface area contributed by atoms with Crippen LogP contribution in [-0.2, 0) is 0 Å². The summed E-state index contributed by atoms with van der Waals surface area (Å²) in [6, 6.07) is 24.9. The Hall–Kier alpha value is -6.48. The number of nitrogens with zero attached hydrogens (tertiary/aromatic N) is 4. The molecule has 6 aromatic rings. The first-order chi connectivity index (χ1) is 25.3. The summed E-state index contributed by atoms with van der Waals surface area (Å²) in [5, 5.41) is 27.2. The Morgan fingerprint density at radius 3 is 1.40 bits per heavy atom. The molecule has 12 nitrogen and oxygen atoms in total. The van der Waals surface area contributed by atoms with Crippen molar-refractivity contribution < 1.29 is 27.9 Å². The molecule has 0 atom stereocenters. The Bertz CT molecular complexity index is 2210. The molecule has 0 saturated carbocycles. The molecule has 0 radical (unpaired) electrons. The fourth-order valence-corrected chi connectivity index (χ4v) is 7.68. The molecule has 4 aromatic heterocycles. The Balaban J connectivity index is 1.41. The Morgan fingerprint density at radius 1 is 0.654 bits per heavy atom. The monoisotopic (exact) mass is 728 g/mol. The van der Waals surface area contributed by atoms with Crippen molar-refractivity contribution in [3.05, 3.63) is 119 Å². The summed E-state index contributed by atoms with van der Waals surface area (Å²) in [7, 11) is 5.15. The van der Waals surface area contributed by atoms with Crippen LogP contribution >= 0.6 is 21.6 Å². The number of hydrogen-bond acceptors (Lipinski definition) is 12. The largest absolute Gasteiger partial charge is 0.495 e. The van der Waals surface area contributed by atoms with E-state index in [1.807, 2.05) is 0 Å². The number of methoxy groups -OCH3 is 2. The average molecular weight is 729 g/mol. The minimum Gasteiger partial charge on any atom is -0.495 e. The molecule has 0 unspecified atom stereocenters. The minimum absolute atomic E-state index is 0.0810. The summed E-state index contributed by atoms with van der Waals surface area (Å²) in [4.78, 5) is 37.0. The summed E-state index contributed by atoms with van der Waals surface area (Å²) in [5.74, 6) is 0.454. The molecule has 2 N–H and O–H groups in total. The zero-order chi connectivity index (χ0) is 36.8. The van der Waals surface area contributed by atoms with Crippen molar-refractivity contribution in [3.63, 3.8) is 0 Å². The second-order valence-corrected chi connectivity index (χ2v) is 13.0. The van der Waals surface area contributed by atoms with Gasteiger partial charge in [-0.05, 0) is 84.0 Å². The SMILES string of the molecule is COc1ccccc1NC(=O)c1c(C)nc(SSc2nc(C)c(C(=O)Nc3ccccc3OC)c(-c3ccco3)c2C#N)c(C#N)c1-c1ccco1. The average Bonchev–Trinajstić information content (AvgIpc) is 3.89. The smallest absolute Gasteiger partial charge is 0.258 e. The Morgan fingerprint density at radius 2 is 1.06 bits per heavy atom. The van der Waals surface area contributed by atoms with Crippen LogP contribution in [0, 0.1) is 36.5 Å². The van der Waals surface area contributed by atoms with Gasteiger partial charge in [-0.25, -0.2) is 9.97 Å². The molecule has 0 aliphatic rings. The third-order valence-electron chi connectivity index (χ3n) is 7.81. The van der Waals surface area contributed by atoms with E-state index in [9.17, 15) is 20.1 Å². The number of carbonyl (C=O) groups excluding carboxylic acids is 2. The van der Waals surface area contributed by atoms with Crippen molar-refractivity contribution in [1.82, 2.24) is 9.97 Å². The van der Waals surface area contributed by atoms with Crippen LogP contribution in [0.4, 0.5) is 11.4 Å². The second-order valence-electron chi connectivity index (χ2n) is 10.9. The molecule has 0 aliphatic carbocycles. The van der Waals surface area contributed by atoms with Gasteiger partial charge in [0.2, 0.25) is 0 Å². The van der Waals surface area contributed by atoms with E-state index >= 15 is 0 Å². The van der Waals surface area contributed by atoms with Crippen LogP contribution in [0.1, 0.15) is 43.2 Å². The van der Waals surface area contributed by atoms with Gasteiger partial charge in [0, 0.05) is 0 Å². The number of carbonyl (C=O) groups is 2. The van der Waals surface area contributed by atoms with E-state index in [2.05, 4.69) is 32.7 Å². The first-order valence-electron chi connectivity index (χ1n) is 15.5. The molecule has 0 bridgehead atoms. The predicted molar refractivity (Wildman–Crippen MR) is 196 cm³/mol. The van der Waals surface area contributed by atoms with Gasteiger partial charge >= 0.3 is 0 Å². The van der Waals surface area contributed by atoms with Gasteiger partial charge in [-0.2, -0.15) is 10.5 Å². The van der Waals surface area contributed by atoms with Crippen molar-refractivity contribution in [2.75, 3.05) is 24.9 Å². The van der Waals surface area contributed by atoms with E-state index < -0.39 is 11.8 Å². The van der Waals surface area contributed by atoms with Crippen LogP contribution < -0.4 is 20.1 Å². The maximum atomic E-state index is 13.8. The number of rotatable bonds is 11. The second kappa shape index (κ2) is 15.6. The maximum Gasteiger partial charge on any atom is 0.258 e. The van der Waals surface area contributed by atoms with Crippen LogP contribution in [0.5, 0.6) is 11.5 Å².